The van der Waals surface area contributed by atoms with Crippen LogP contribution in [0.4, 0.5) is 0 Å². The van der Waals surface area contributed by atoms with Crippen LogP contribution in [0.3, 0.4) is 0 Å². The first kappa shape index (κ1) is 23.1. The monoisotopic (exact) mass is 398 g/mol. The lowest BCUT2D eigenvalue weighted by atomic mass is 9.64. The first-order valence-corrected chi connectivity index (χ1v) is 10.5. The summed E-state index contributed by atoms with van der Waals surface area (Å²) in [7, 11) is 0. The van der Waals surface area contributed by atoms with E-state index in [2.05, 4.69) is 19.9 Å². The van der Waals surface area contributed by atoms with Crippen molar-refractivity contribution in [1.82, 2.24) is 0 Å². The van der Waals surface area contributed by atoms with E-state index in [1.165, 1.54) is 0 Å². The van der Waals surface area contributed by atoms with Gasteiger partial charge in [0.1, 0.15) is 11.2 Å². The summed E-state index contributed by atoms with van der Waals surface area (Å²) in [6.07, 6.45) is 4.23. The molecule has 0 heterocycles. The molecule has 0 amide bonds. The molecule has 0 bridgehead atoms. The summed E-state index contributed by atoms with van der Waals surface area (Å²) < 4.78 is 5.28. The number of carbonyl (C=O) groups is 3. The van der Waals surface area contributed by atoms with Crippen LogP contribution < -0.4 is 0 Å². The van der Waals surface area contributed by atoms with Gasteiger partial charge < -0.3 is 4.74 Å². The summed E-state index contributed by atoms with van der Waals surface area (Å²) in [5, 5.41) is 0. The van der Waals surface area contributed by atoms with E-state index in [4.69, 9.17) is 4.74 Å². The summed E-state index contributed by atoms with van der Waals surface area (Å²) in [6, 6.07) is 8.77. The summed E-state index contributed by atoms with van der Waals surface area (Å²) in [5.74, 6) is -1.44. The number of hydrogen-bond acceptors (Lipinski definition) is 4. The SMILES string of the molecule is CCOC(=O)C(C)(C(=O)c1ccccc1)C(C)CC(=O)C1C(C)=CCCC1(C)C. The highest BCUT2D eigenvalue weighted by molar-refractivity contribution is 6.12. The van der Waals surface area contributed by atoms with Gasteiger partial charge in [-0.2, -0.15) is 0 Å². The molecule has 3 atom stereocenters. The molecule has 2 rings (SSSR count). The number of ether oxygens (including phenoxy) is 1. The van der Waals surface area contributed by atoms with Crippen LogP contribution in [-0.4, -0.2) is 24.1 Å². The normalized spacial score (nSPS) is 21.4. The molecule has 0 radical (unpaired) electrons. The van der Waals surface area contributed by atoms with E-state index in [1.807, 2.05) is 19.9 Å². The molecule has 158 valence electrons. The predicted molar refractivity (Wildman–Crippen MR) is 115 cm³/mol. The van der Waals surface area contributed by atoms with Gasteiger partial charge in [0.25, 0.3) is 0 Å². The lowest BCUT2D eigenvalue weighted by Gasteiger charge is -2.39. The molecule has 0 aliphatic heterocycles. The number of carbonyl (C=O) groups excluding carboxylic acids is 3. The van der Waals surface area contributed by atoms with Crippen molar-refractivity contribution >= 4 is 17.5 Å². The largest absolute Gasteiger partial charge is 0.465 e. The van der Waals surface area contributed by atoms with Crippen molar-refractivity contribution in [3.05, 3.63) is 47.5 Å². The second kappa shape index (κ2) is 9.06. The number of benzene rings is 1. The maximum Gasteiger partial charge on any atom is 0.320 e. The van der Waals surface area contributed by atoms with Crippen LogP contribution in [-0.2, 0) is 14.3 Å². The smallest absolute Gasteiger partial charge is 0.320 e. The number of hydrogen-bond donors (Lipinski definition) is 0. The minimum absolute atomic E-state index is 0.0901. The molecule has 0 fully saturated rings. The van der Waals surface area contributed by atoms with Gasteiger partial charge in [-0.3, -0.25) is 14.4 Å². The van der Waals surface area contributed by atoms with Gasteiger partial charge in [-0.15, -0.1) is 0 Å². The Bertz CT molecular complexity index is 790. The Morgan fingerprint density at radius 3 is 2.38 bits per heavy atom. The van der Waals surface area contributed by atoms with Crippen molar-refractivity contribution in [2.75, 3.05) is 6.61 Å². The third-order valence-electron chi connectivity index (χ3n) is 6.51. The fourth-order valence-corrected chi connectivity index (χ4v) is 4.55. The molecule has 4 nitrogen and oxygen atoms in total. The van der Waals surface area contributed by atoms with E-state index >= 15 is 0 Å². The summed E-state index contributed by atoms with van der Waals surface area (Å²) >= 11 is 0. The van der Waals surface area contributed by atoms with Gasteiger partial charge >= 0.3 is 5.97 Å². The number of Topliss-reactive ketones (excluding diaryl/α,β-unsaturated/α-hetero) is 2. The van der Waals surface area contributed by atoms with Crippen LogP contribution in [0.5, 0.6) is 0 Å². The Balaban J connectivity index is 2.35. The molecule has 3 unspecified atom stereocenters. The van der Waals surface area contributed by atoms with Gasteiger partial charge in [-0.05, 0) is 44.9 Å². The maximum absolute atomic E-state index is 13.4. The van der Waals surface area contributed by atoms with Crippen LogP contribution in [0.25, 0.3) is 0 Å². The zero-order valence-electron chi connectivity index (χ0n) is 18.6. The molecule has 1 aromatic rings. The fraction of sp³-hybridized carbons (Fsp3) is 0.560. The molecule has 29 heavy (non-hydrogen) atoms. The lowest BCUT2D eigenvalue weighted by Crippen LogP contribution is -2.45. The lowest BCUT2D eigenvalue weighted by molar-refractivity contribution is -0.154. The standard InChI is InChI=1S/C25H34O4/c1-7-29-23(28)25(6,22(27)19-13-9-8-10-14-19)18(3)16-20(26)21-17(2)12-11-15-24(21,4)5/h8-10,12-14,18,21H,7,11,15-16H2,1-6H3. The van der Waals surface area contributed by atoms with E-state index < -0.39 is 17.3 Å². The van der Waals surface area contributed by atoms with Gasteiger partial charge in [0.15, 0.2) is 5.78 Å². The maximum atomic E-state index is 13.4. The van der Waals surface area contributed by atoms with Crippen LogP contribution in [0.15, 0.2) is 42.0 Å². The third-order valence-corrected chi connectivity index (χ3v) is 6.51. The Kier molecular flexibility index (Phi) is 7.20. The van der Waals surface area contributed by atoms with Crippen molar-refractivity contribution in [2.45, 2.75) is 60.8 Å². The molecule has 1 aromatic carbocycles. The molecule has 0 aromatic heterocycles. The number of ketones is 2. The van der Waals surface area contributed by atoms with Crippen molar-refractivity contribution in [3.8, 4) is 0 Å². The Morgan fingerprint density at radius 2 is 1.83 bits per heavy atom. The van der Waals surface area contributed by atoms with Crippen molar-refractivity contribution in [1.29, 1.82) is 0 Å². The van der Waals surface area contributed by atoms with Gasteiger partial charge in [0.05, 0.1) is 6.61 Å². The minimum Gasteiger partial charge on any atom is -0.465 e. The fourth-order valence-electron chi connectivity index (χ4n) is 4.55. The Labute approximate surface area is 174 Å². The first-order valence-electron chi connectivity index (χ1n) is 10.5. The zero-order chi connectivity index (χ0) is 21.8. The first-order chi connectivity index (χ1) is 13.6. The second-order valence-corrected chi connectivity index (χ2v) is 9.10. The van der Waals surface area contributed by atoms with Crippen LogP contribution in [0.1, 0.15) is 71.2 Å². The molecule has 0 saturated carbocycles. The molecular formula is C25H34O4. The van der Waals surface area contributed by atoms with E-state index in [-0.39, 0.29) is 35.9 Å². The summed E-state index contributed by atoms with van der Waals surface area (Å²) in [6.45, 7) is 11.6. The van der Waals surface area contributed by atoms with Crippen molar-refractivity contribution in [3.63, 3.8) is 0 Å². The molecular weight excluding hydrogens is 364 g/mol. The van der Waals surface area contributed by atoms with Crippen molar-refractivity contribution in [2.24, 2.45) is 22.7 Å². The van der Waals surface area contributed by atoms with E-state index in [0.29, 0.717) is 5.56 Å². The summed E-state index contributed by atoms with van der Waals surface area (Å²) in [5.41, 5.74) is 0.00478. The second-order valence-electron chi connectivity index (χ2n) is 9.10. The van der Waals surface area contributed by atoms with E-state index in [1.54, 1.807) is 38.1 Å². The van der Waals surface area contributed by atoms with Crippen LogP contribution >= 0.6 is 0 Å². The Hall–Kier alpha value is -2.23. The number of allylic oxidation sites excluding steroid dienone is 2. The minimum atomic E-state index is -1.41. The average Bonchev–Trinajstić information content (AvgIpc) is 2.66. The topological polar surface area (TPSA) is 60.4 Å². The van der Waals surface area contributed by atoms with Crippen molar-refractivity contribution < 1.29 is 19.1 Å². The quantitative estimate of drug-likeness (QED) is 0.254. The summed E-state index contributed by atoms with van der Waals surface area (Å²) in [4.78, 5) is 39.6. The van der Waals surface area contributed by atoms with E-state index in [0.717, 1.165) is 18.4 Å². The molecule has 0 N–H and O–H groups in total. The zero-order valence-corrected chi connectivity index (χ0v) is 18.6. The molecule has 1 aliphatic rings. The van der Waals surface area contributed by atoms with E-state index in [9.17, 15) is 14.4 Å². The average molecular weight is 399 g/mol. The molecule has 0 spiro atoms. The highest BCUT2D eigenvalue weighted by Gasteiger charge is 2.49. The van der Waals surface area contributed by atoms with Gasteiger partial charge in [0.2, 0.25) is 0 Å². The predicted octanol–water partition coefficient (Wildman–Crippen LogP) is 5.42. The molecule has 0 saturated heterocycles. The highest BCUT2D eigenvalue weighted by atomic mass is 16.5. The highest BCUT2D eigenvalue weighted by Crippen LogP contribution is 2.44. The van der Waals surface area contributed by atoms with Crippen LogP contribution in [0.2, 0.25) is 0 Å². The van der Waals surface area contributed by atoms with Gasteiger partial charge in [-0.25, -0.2) is 0 Å². The Morgan fingerprint density at radius 1 is 1.21 bits per heavy atom. The number of esters is 1. The number of rotatable bonds is 8. The van der Waals surface area contributed by atoms with Gasteiger partial charge in [0, 0.05) is 17.9 Å². The third kappa shape index (κ3) is 4.68. The molecule has 1 aliphatic carbocycles. The van der Waals surface area contributed by atoms with Gasteiger partial charge in [-0.1, -0.05) is 62.8 Å². The molecule has 4 heteroatoms. The van der Waals surface area contributed by atoms with Crippen LogP contribution in [0, 0.1) is 22.7 Å².